The van der Waals surface area contributed by atoms with Crippen molar-refractivity contribution in [1.82, 2.24) is 0 Å². The van der Waals surface area contributed by atoms with Gasteiger partial charge in [-0.2, -0.15) is 8.42 Å². The van der Waals surface area contributed by atoms with Gasteiger partial charge in [-0.1, -0.05) is 59.6 Å². The molecular formula is C17H13Cl2NO5S. The van der Waals surface area contributed by atoms with Crippen molar-refractivity contribution >= 4 is 39.1 Å². The quantitative estimate of drug-likeness (QED) is 0.753. The summed E-state index contributed by atoms with van der Waals surface area (Å²) >= 11 is 11.9. The number of Topliss-reactive ketones (excluding diaryl/α,β-unsaturated/α-hetero) is 1. The van der Waals surface area contributed by atoms with Crippen molar-refractivity contribution in [2.24, 2.45) is 5.73 Å². The van der Waals surface area contributed by atoms with Crippen LogP contribution in [-0.2, 0) is 29.6 Å². The van der Waals surface area contributed by atoms with Crippen LogP contribution in [0.15, 0.2) is 60.2 Å². The molecule has 0 amide bonds. The summed E-state index contributed by atoms with van der Waals surface area (Å²) in [6.07, 6.45) is -2.37. The Kier molecular flexibility index (Phi) is 4.76. The fourth-order valence-corrected chi connectivity index (χ4v) is 3.85. The SMILES string of the molecule is [2H][C@]1(c2ccc(Cl)cc2Cl)OC(N)=C(OS(=O)(=O)Cc2ccccc2)C1=O. The molecule has 0 radical (unpaired) electrons. The van der Waals surface area contributed by atoms with Crippen molar-refractivity contribution in [1.29, 1.82) is 0 Å². The van der Waals surface area contributed by atoms with Gasteiger partial charge >= 0.3 is 10.1 Å². The molecule has 0 unspecified atom stereocenters. The van der Waals surface area contributed by atoms with Gasteiger partial charge in [0, 0.05) is 15.6 Å². The summed E-state index contributed by atoms with van der Waals surface area (Å²) in [5.41, 5.74) is 6.04. The largest absolute Gasteiger partial charge is 0.460 e. The van der Waals surface area contributed by atoms with Crippen molar-refractivity contribution in [3.8, 4) is 0 Å². The summed E-state index contributed by atoms with van der Waals surface area (Å²) in [5, 5.41) is 0.285. The van der Waals surface area contributed by atoms with Gasteiger partial charge in [-0.05, 0) is 17.7 Å². The van der Waals surface area contributed by atoms with Gasteiger partial charge in [-0.25, -0.2) is 0 Å². The summed E-state index contributed by atoms with van der Waals surface area (Å²) in [4.78, 5) is 12.7. The molecule has 0 saturated heterocycles. The molecule has 136 valence electrons. The third-order valence-electron chi connectivity index (χ3n) is 3.42. The zero-order valence-electron chi connectivity index (χ0n) is 14.1. The monoisotopic (exact) mass is 414 g/mol. The first-order valence-electron chi connectivity index (χ1n) is 7.77. The first kappa shape index (κ1) is 17.2. The van der Waals surface area contributed by atoms with Gasteiger partial charge in [0.2, 0.25) is 17.4 Å². The highest BCUT2D eigenvalue weighted by molar-refractivity contribution is 7.86. The Bertz CT molecular complexity index is 1040. The van der Waals surface area contributed by atoms with Crippen LogP contribution in [-0.4, -0.2) is 14.2 Å². The second-order valence-corrected chi connectivity index (χ2v) is 7.76. The van der Waals surface area contributed by atoms with E-state index in [2.05, 4.69) is 0 Å². The number of benzene rings is 2. The maximum absolute atomic E-state index is 12.7. The molecule has 1 atom stereocenters. The van der Waals surface area contributed by atoms with Crippen molar-refractivity contribution in [3.05, 3.63) is 81.3 Å². The molecule has 1 aliphatic rings. The van der Waals surface area contributed by atoms with Crippen molar-refractivity contribution in [2.75, 3.05) is 0 Å². The van der Waals surface area contributed by atoms with E-state index in [0.29, 0.717) is 10.6 Å². The summed E-state index contributed by atoms with van der Waals surface area (Å²) in [6.45, 7) is 0. The maximum Gasteiger partial charge on any atom is 0.313 e. The second-order valence-electron chi connectivity index (χ2n) is 5.35. The van der Waals surface area contributed by atoms with E-state index >= 15 is 0 Å². The molecule has 1 heterocycles. The van der Waals surface area contributed by atoms with E-state index in [-0.39, 0.29) is 10.6 Å². The Morgan fingerprint density at radius 1 is 1.19 bits per heavy atom. The van der Waals surface area contributed by atoms with Crippen molar-refractivity contribution < 1.29 is 23.5 Å². The highest BCUT2D eigenvalue weighted by Crippen LogP contribution is 2.36. The first-order chi connectivity index (χ1) is 12.6. The maximum atomic E-state index is 12.7. The molecule has 26 heavy (non-hydrogen) atoms. The van der Waals surface area contributed by atoms with E-state index in [0.717, 1.165) is 0 Å². The van der Waals surface area contributed by atoms with E-state index in [1.54, 1.807) is 30.3 Å². The van der Waals surface area contributed by atoms with Gasteiger partial charge in [0.25, 0.3) is 0 Å². The summed E-state index contributed by atoms with van der Waals surface area (Å²) in [6, 6.07) is 12.3. The van der Waals surface area contributed by atoms with Crippen LogP contribution in [0.25, 0.3) is 0 Å². The zero-order chi connectivity index (χ0) is 19.8. The normalized spacial score (nSPS) is 20.7. The average Bonchev–Trinajstić information content (AvgIpc) is 2.79. The third kappa shape index (κ3) is 3.95. The second kappa shape index (κ2) is 7.19. The van der Waals surface area contributed by atoms with Crippen LogP contribution in [0.1, 0.15) is 18.6 Å². The lowest BCUT2D eigenvalue weighted by Gasteiger charge is -2.12. The standard InChI is InChI=1S/C17H13Cl2NO5S/c18-11-6-7-12(13(19)8-11)15-14(21)16(17(20)24-15)25-26(22,23)9-10-4-2-1-3-5-10/h1-8,15H,9,20H2/t15-/m1/s1/i15D. The number of carbonyl (C=O) groups excluding carboxylic acids is 1. The minimum absolute atomic E-state index is 0.00737. The molecule has 0 spiro atoms. The smallest absolute Gasteiger partial charge is 0.313 e. The predicted octanol–water partition coefficient (Wildman–Crippen LogP) is 3.31. The fraction of sp³-hybridized carbons (Fsp3) is 0.118. The predicted molar refractivity (Wildman–Crippen MR) is 96.7 cm³/mol. The first-order valence-corrected chi connectivity index (χ1v) is 9.61. The van der Waals surface area contributed by atoms with E-state index in [4.69, 9.17) is 39.2 Å². The number of hydrogen-bond acceptors (Lipinski definition) is 6. The van der Waals surface area contributed by atoms with Crippen LogP contribution in [0.5, 0.6) is 0 Å². The van der Waals surface area contributed by atoms with Crippen molar-refractivity contribution in [3.63, 3.8) is 0 Å². The lowest BCUT2D eigenvalue weighted by Crippen LogP contribution is -2.16. The minimum atomic E-state index is -4.21. The number of hydrogen-bond donors (Lipinski definition) is 1. The van der Waals surface area contributed by atoms with Gasteiger partial charge < -0.3 is 14.7 Å². The minimum Gasteiger partial charge on any atom is -0.460 e. The molecule has 1 aliphatic heterocycles. The summed E-state index contributed by atoms with van der Waals surface area (Å²) in [7, 11) is -4.21. The number of rotatable bonds is 5. The van der Waals surface area contributed by atoms with Gasteiger partial charge in [0.15, 0.2) is 6.08 Å². The summed E-state index contributed by atoms with van der Waals surface area (Å²) < 4.78 is 42.9. The highest BCUT2D eigenvalue weighted by Gasteiger charge is 2.40. The fourth-order valence-electron chi connectivity index (χ4n) is 2.28. The molecule has 0 fully saturated rings. The molecule has 2 aromatic rings. The Morgan fingerprint density at radius 2 is 1.88 bits per heavy atom. The van der Waals surface area contributed by atoms with Crippen LogP contribution in [0.2, 0.25) is 10.0 Å². The molecule has 2 N–H and O–H groups in total. The third-order valence-corrected chi connectivity index (χ3v) is 5.08. The Morgan fingerprint density at radius 3 is 2.54 bits per heavy atom. The van der Waals surface area contributed by atoms with Gasteiger partial charge in [0.1, 0.15) is 5.75 Å². The van der Waals surface area contributed by atoms with Crippen LogP contribution >= 0.6 is 23.2 Å². The van der Waals surface area contributed by atoms with E-state index in [1.165, 1.54) is 18.2 Å². The van der Waals surface area contributed by atoms with Gasteiger partial charge in [0.05, 0.1) is 1.37 Å². The topological polar surface area (TPSA) is 95.7 Å². The average molecular weight is 415 g/mol. The zero-order valence-corrected chi connectivity index (χ0v) is 15.4. The van der Waals surface area contributed by atoms with Crippen LogP contribution in [0.3, 0.4) is 0 Å². The molecule has 0 aromatic heterocycles. The van der Waals surface area contributed by atoms with Crippen LogP contribution in [0, 0.1) is 0 Å². The lowest BCUT2D eigenvalue weighted by atomic mass is 10.1. The Labute approximate surface area is 161 Å². The highest BCUT2D eigenvalue weighted by atomic mass is 35.5. The van der Waals surface area contributed by atoms with Crippen molar-refractivity contribution in [2.45, 2.75) is 11.8 Å². The van der Waals surface area contributed by atoms with E-state index in [1.807, 2.05) is 0 Å². The summed E-state index contributed by atoms with van der Waals surface area (Å²) in [5.74, 6) is -2.93. The Hall–Kier alpha value is -2.22. The number of halogens is 2. The lowest BCUT2D eigenvalue weighted by molar-refractivity contribution is -0.123. The molecule has 0 bridgehead atoms. The van der Waals surface area contributed by atoms with Crippen LogP contribution in [0.4, 0.5) is 0 Å². The molecular weight excluding hydrogens is 401 g/mol. The van der Waals surface area contributed by atoms with E-state index in [9.17, 15) is 13.2 Å². The molecule has 6 nitrogen and oxygen atoms in total. The number of ether oxygens (including phenoxy) is 1. The number of carbonyl (C=O) groups is 1. The number of nitrogens with two attached hydrogens (primary N) is 1. The van der Waals surface area contributed by atoms with E-state index < -0.39 is 39.4 Å². The molecule has 0 saturated carbocycles. The van der Waals surface area contributed by atoms with Gasteiger partial charge in [-0.15, -0.1) is 0 Å². The van der Waals surface area contributed by atoms with Crippen LogP contribution < -0.4 is 5.73 Å². The molecule has 9 heteroatoms. The van der Waals surface area contributed by atoms with Gasteiger partial charge in [-0.3, -0.25) is 4.79 Å². The number of ketones is 1. The molecule has 0 aliphatic carbocycles. The molecule has 2 aromatic carbocycles. The molecule has 3 rings (SSSR count). The Balaban J connectivity index is 1.87.